The van der Waals surface area contributed by atoms with Gasteiger partial charge in [0.1, 0.15) is 18.1 Å². The summed E-state index contributed by atoms with van der Waals surface area (Å²) in [5.41, 5.74) is 0.893. The van der Waals surface area contributed by atoms with Crippen LogP contribution in [-0.4, -0.2) is 22.5 Å². The molecule has 5 nitrogen and oxygen atoms in total. The van der Waals surface area contributed by atoms with Crippen LogP contribution in [0.25, 0.3) is 0 Å². The van der Waals surface area contributed by atoms with Gasteiger partial charge in [-0.25, -0.2) is 4.79 Å². The second kappa shape index (κ2) is 5.88. The molecule has 0 aromatic heterocycles. The average Bonchev–Trinajstić information content (AvgIpc) is 2.45. The van der Waals surface area contributed by atoms with Crippen molar-refractivity contribution in [3.63, 3.8) is 0 Å². The van der Waals surface area contributed by atoms with Gasteiger partial charge in [-0.15, -0.1) is 0 Å². The number of aromatic carboxylic acids is 1. The number of aromatic hydroxyl groups is 1. The maximum absolute atomic E-state index is 10.9. The molecule has 0 atom stereocenters. The van der Waals surface area contributed by atoms with E-state index in [0.29, 0.717) is 11.8 Å². The van der Waals surface area contributed by atoms with Gasteiger partial charge in [0.05, 0.1) is 11.1 Å². The molecule has 0 aliphatic carbocycles. The number of phenolic OH excluding ortho intramolecular Hbond substituents is 1. The molecule has 2 aromatic rings. The van der Waals surface area contributed by atoms with Crippen molar-refractivity contribution in [2.24, 2.45) is 0 Å². The Morgan fingerprint density at radius 2 is 1.95 bits per heavy atom. The molecule has 2 rings (SSSR count). The molecule has 0 spiro atoms. The first-order valence-corrected chi connectivity index (χ1v) is 5.84. The molecule has 0 bridgehead atoms. The number of hydrogen-bond donors (Lipinski definition) is 2. The van der Waals surface area contributed by atoms with Gasteiger partial charge in [-0.1, -0.05) is 18.2 Å². The zero-order valence-corrected chi connectivity index (χ0v) is 10.4. The lowest BCUT2D eigenvalue weighted by Gasteiger charge is -2.09. The number of phenols is 1. The Labute approximate surface area is 115 Å². The average molecular weight is 272 g/mol. The second-order valence-corrected chi connectivity index (χ2v) is 4.10. The quantitative estimate of drug-likeness (QED) is 0.817. The molecule has 0 heterocycles. The fourth-order valence-corrected chi connectivity index (χ4v) is 1.73. The Hall–Kier alpha value is -2.82. The molecular weight excluding hydrogens is 260 g/mol. The first-order valence-electron chi connectivity index (χ1n) is 5.84. The largest absolute Gasteiger partial charge is 0.507 e. The third-order valence-corrected chi connectivity index (χ3v) is 2.73. The number of ether oxygens (including phenoxy) is 1. The molecule has 0 amide bonds. The fraction of sp³-hybridized carbons (Fsp3) is 0.0667. The first kappa shape index (κ1) is 13.6. The minimum absolute atomic E-state index is 0.0712. The predicted molar refractivity (Wildman–Crippen MR) is 71.2 cm³/mol. The van der Waals surface area contributed by atoms with Crippen LogP contribution in [-0.2, 0) is 6.61 Å². The molecule has 0 unspecified atom stereocenters. The molecule has 2 aromatic carbocycles. The van der Waals surface area contributed by atoms with E-state index in [-0.39, 0.29) is 29.2 Å². The molecule has 0 saturated carbocycles. The van der Waals surface area contributed by atoms with E-state index in [4.69, 9.17) is 9.84 Å². The van der Waals surface area contributed by atoms with Crippen LogP contribution in [0.4, 0.5) is 0 Å². The van der Waals surface area contributed by atoms with E-state index >= 15 is 0 Å². The molecule has 0 aliphatic rings. The van der Waals surface area contributed by atoms with Gasteiger partial charge in [0.2, 0.25) is 0 Å². The van der Waals surface area contributed by atoms with Crippen LogP contribution in [0, 0.1) is 0 Å². The van der Waals surface area contributed by atoms with Gasteiger partial charge < -0.3 is 14.9 Å². The van der Waals surface area contributed by atoms with E-state index in [2.05, 4.69) is 0 Å². The van der Waals surface area contributed by atoms with Gasteiger partial charge >= 0.3 is 5.97 Å². The summed E-state index contributed by atoms with van der Waals surface area (Å²) >= 11 is 0. The van der Waals surface area contributed by atoms with E-state index < -0.39 is 5.97 Å². The lowest BCUT2D eigenvalue weighted by atomic mass is 10.1. The van der Waals surface area contributed by atoms with Crippen LogP contribution in [0.1, 0.15) is 26.3 Å². The predicted octanol–water partition coefficient (Wildman–Crippen LogP) is 2.48. The molecule has 2 N–H and O–H groups in total. The Balaban J connectivity index is 2.17. The zero-order chi connectivity index (χ0) is 14.5. The zero-order valence-electron chi connectivity index (χ0n) is 10.4. The molecule has 0 radical (unpaired) electrons. The standard InChI is InChI=1S/C15H12O5/c16-8-12-13(17)5-2-6-14(12)20-9-10-3-1-4-11(7-10)15(18)19/h1-8,17H,9H2,(H,18,19). The summed E-state index contributed by atoms with van der Waals surface area (Å²) in [6, 6.07) is 10.8. The van der Waals surface area contributed by atoms with Crippen molar-refractivity contribution in [1.29, 1.82) is 0 Å². The minimum Gasteiger partial charge on any atom is -0.507 e. The maximum atomic E-state index is 10.9. The summed E-state index contributed by atoms with van der Waals surface area (Å²) in [6.45, 7) is 0.103. The first-order chi connectivity index (χ1) is 9.61. The van der Waals surface area contributed by atoms with Crippen molar-refractivity contribution in [3.05, 3.63) is 59.2 Å². The third kappa shape index (κ3) is 2.95. The second-order valence-electron chi connectivity index (χ2n) is 4.10. The van der Waals surface area contributed by atoms with Crippen molar-refractivity contribution < 1.29 is 24.5 Å². The molecule has 0 fully saturated rings. The highest BCUT2D eigenvalue weighted by Crippen LogP contribution is 2.26. The van der Waals surface area contributed by atoms with Gasteiger partial charge in [-0.05, 0) is 29.8 Å². The molecule has 0 aliphatic heterocycles. The van der Waals surface area contributed by atoms with Crippen molar-refractivity contribution >= 4 is 12.3 Å². The Bertz CT molecular complexity index is 648. The number of benzene rings is 2. The van der Waals surface area contributed by atoms with Gasteiger partial charge in [-0.3, -0.25) is 4.79 Å². The monoisotopic (exact) mass is 272 g/mol. The van der Waals surface area contributed by atoms with Crippen LogP contribution in [0.3, 0.4) is 0 Å². The van der Waals surface area contributed by atoms with Gasteiger partial charge in [0, 0.05) is 0 Å². The highest BCUT2D eigenvalue weighted by molar-refractivity contribution is 5.87. The topological polar surface area (TPSA) is 83.8 Å². The Kier molecular flexibility index (Phi) is 4.00. The highest BCUT2D eigenvalue weighted by Gasteiger charge is 2.09. The van der Waals surface area contributed by atoms with Crippen molar-refractivity contribution in [2.45, 2.75) is 6.61 Å². The maximum Gasteiger partial charge on any atom is 0.335 e. The number of rotatable bonds is 5. The number of carboxylic acid groups (broad SMARTS) is 1. The number of hydrogen-bond acceptors (Lipinski definition) is 4. The summed E-state index contributed by atoms with van der Waals surface area (Å²) in [6.07, 6.45) is 0.512. The fourth-order valence-electron chi connectivity index (χ4n) is 1.73. The van der Waals surface area contributed by atoms with Gasteiger partial charge in [0.25, 0.3) is 0 Å². The number of carboxylic acids is 1. The van der Waals surface area contributed by atoms with Crippen LogP contribution < -0.4 is 4.74 Å². The SMILES string of the molecule is O=Cc1c(O)cccc1OCc1cccc(C(=O)O)c1. The minimum atomic E-state index is -1.02. The lowest BCUT2D eigenvalue weighted by Crippen LogP contribution is -2.01. The van der Waals surface area contributed by atoms with E-state index in [0.717, 1.165) is 0 Å². The van der Waals surface area contributed by atoms with Crippen LogP contribution in [0.15, 0.2) is 42.5 Å². The molecule has 5 heteroatoms. The summed E-state index contributed by atoms with van der Waals surface area (Å²) in [5, 5.41) is 18.4. The summed E-state index contributed by atoms with van der Waals surface area (Å²) < 4.78 is 5.45. The number of carbonyl (C=O) groups is 2. The van der Waals surface area contributed by atoms with E-state index in [9.17, 15) is 14.7 Å². The molecule has 0 saturated heterocycles. The van der Waals surface area contributed by atoms with Gasteiger partial charge in [0.15, 0.2) is 6.29 Å². The van der Waals surface area contributed by atoms with Gasteiger partial charge in [-0.2, -0.15) is 0 Å². The Morgan fingerprint density at radius 1 is 1.20 bits per heavy atom. The van der Waals surface area contributed by atoms with Crippen molar-refractivity contribution in [2.75, 3.05) is 0 Å². The molecule has 20 heavy (non-hydrogen) atoms. The Morgan fingerprint density at radius 3 is 2.65 bits per heavy atom. The van der Waals surface area contributed by atoms with Crippen molar-refractivity contribution in [1.82, 2.24) is 0 Å². The summed E-state index contributed by atoms with van der Waals surface area (Å²) in [4.78, 5) is 21.7. The molecular formula is C15H12O5. The van der Waals surface area contributed by atoms with E-state index in [1.54, 1.807) is 24.3 Å². The summed E-state index contributed by atoms with van der Waals surface area (Å²) in [5.74, 6) is -0.921. The van der Waals surface area contributed by atoms with E-state index in [1.165, 1.54) is 18.2 Å². The lowest BCUT2D eigenvalue weighted by molar-refractivity contribution is 0.0696. The molecule has 102 valence electrons. The van der Waals surface area contributed by atoms with Crippen molar-refractivity contribution in [3.8, 4) is 11.5 Å². The number of aldehydes is 1. The number of carbonyl (C=O) groups excluding carboxylic acids is 1. The third-order valence-electron chi connectivity index (χ3n) is 2.73. The summed E-state index contributed by atoms with van der Waals surface area (Å²) in [7, 11) is 0. The van der Waals surface area contributed by atoms with Crippen LogP contribution >= 0.6 is 0 Å². The van der Waals surface area contributed by atoms with Crippen LogP contribution in [0.5, 0.6) is 11.5 Å². The normalized spacial score (nSPS) is 10.0. The smallest absolute Gasteiger partial charge is 0.335 e. The van der Waals surface area contributed by atoms with Crippen LogP contribution in [0.2, 0.25) is 0 Å². The van der Waals surface area contributed by atoms with E-state index in [1.807, 2.05) is 0 Å². The highest BCUT2D eigenvalue weighted by atomic mass is 16.5.